The highest BCUT2D eigenvalue weighted by Gasteiger charge is 2.25. The van der Waals surface area contributed by atoms with Crippen LogP contribution in [0.1, 0.15) is 26.2 Å². The van der Waals surface area contributed by atoms with Crippen LogP contribution in [0, 0.1) is 0 Å². The first-order valence-corrected chi connectivity index (χ1v) is 5.39. The summed E-state index contributed by atoms with van der Waals surface area (Å²) in [4.78, 5) is 5.67. The van der Waals surface area contributed by atoms with Gasteiger partial charge in [-0.15, -0.1) is 0 Å². The SMILES string of the molecule is CCON(c1ccccc1)C1CCC1. The van der Waals surface area contributed by atoms with Crippen molar-refractivity contribution in [1.82, 2.24) is 0 Å². The van der Waals surface area contributed by atoms with E-state index in [2.05, 4.69) is 29.3 Å². The molecule has 0 aromatic heterocycles. The fraction of sp³-hybridized carbons (Fsp3) is 0.500. The molecular formula is C12H17NO. The Morgan fingerprint density at radius 3 is 2.50 bits per heavy atom. The van der Waals surface area contributed by atoms with Crippen LogP contribution in [0.15, 0.2) is 30.3 Å². The van der Waals surface area contributed by atoms with Gasteiger partial charge in [0.15, 0.2) is 0 Å². The maximum absolute atomic E-state index is 5.67. The summed E-state index contributed by atoms with van der Waals surface area (Å²) in [5.74, 6) is 0. The number of benzene rings is 1. The second-order valence-corrected chi connectivity index (χ2v) is 3.66. The van der Waals surface area contributed by atoms with Crippen LogP contribution in [0.25, 0.3) is 0 Å². The van der Waals surface area contributed by atoms with Crippen molar-refractivity contribution in [3.63, 3.8) is 0 Å². The molecule has 1 aliphatic carbocycles. The van der Waals surface area contributed by atoms with E-state index in [1.807, 2.05) is 13.0 Å². The third-order valence-electron chi connectivity index (χ3n) is 2.69. The second kappa shape index (κ2) is 4.47. The molecule has 0 heterocycles. The standard InChI is InChI=1S/C12H17NO/c1-2-14-13(12-9-6-10-12)11-7-4-3-5-8-11/h3-5,7-8,12H,2,6,9-10H2,1H3. The molecule has 0 amide bonds. The Bertz CT molecular complexity index is 269. The second-order valence-electron chi connectivity index (χ2n) is 3.66. The Kier molecular flexibility index (Phi) is 3.04. The smallest absolute Gasteiger partial charge is 0.0720 e. The Morgan fingerprint density at radius 2 is 2.00 bits per heavy atom. The van der Waals surface area contributed by atoms with Crippen LogP contribution in [-0.4, -0.2) is 12.6 Å². The van der Waals surface area contributed by atoms with Gasteiger partial charge in [-0.05, 0) is 38.3 Å². The summed E-state index contributed by atoms with van der Waals surface area (Å²) in [5, 5.41) is 2.07. The first kappa shape index (κ1) is 9.53. The highest BCUT2D eigenvalue weighted by atomic mass is 16.7. The van der Waals surface area contributed by atoms with E-state index >= 15 is 0 Å². The summed E-state index contributed by atoms with van der Waals surface area (Å²) in [5.41, 5.74) is 1.18. The van der Waals surface area contributed by atoms with E-state index in [-0.39, 0.29) is 0 Å². The zero-order valence-electron chi connectivity index (χ0n) is 8.65. The molecule has 0 atom stereocenters. The monoisotopic (exact) mass is 191 g/mol. The van der Waals surface area contributed by atoms with Crippen LogP contribution in [0.5, 0.6) is 0 Å². The van der Waals surface area contributed by atoms with Gasteiger partial charge in [-0.1, -0.05) is 18.2 Å². The molecule has 0 spiro atoms. The van der Waals surface area contributed by atoms with Gasteiger partial charge in [-0.2, -0.15) is 0 Å². The molecule has 2 heteroatoms. The fourth-order valence-corrected chi connectivity index (χ4v) is 1.73. The molecule has 14 heavy (non-hydrogen) atoms. The topological polar surface area (TPSA) is 12.5 Å². The van der Waals surface area contributed by atoms with Crippen LogP contribution in [0.2, 0.25) is 0 Å². The molecular weight excluding hydrogens is 174 g/mol. The molecule has 0 bridgehead atoms. The fourth-order valence-electron chi connectivity index (χ4n) is 1.73. The van der Waals surface area contributed by atoms with E-state index in [9.17, 15) is 0 Å². The summed E-state index contributed by atoms with van der Waals surface area (Å²) in [7, 11) is 0. The largest absolute Gasteiger partial charge is 0.274 e. The average Bonchev–Trinajstić information content (AvgIpc) is 2.16. The van der Waals surface area contributed by atoms with E-state index < -0.39 is 0 Å². The van der Waals surface area contributed by atoms with Crippen molar-refractivity contribution in [3.8, 4) is 0 Å². The third kappa shape index (κ3) is 1.90. The quantitative estimate of drug-likeness (QED) is 0.678. The first-order chi connectivity index (χ1) is 6.92. The first-order valence-electron chi connectivity index (χ1n) is 5.39. The van der Waals surface area contributed by atoms with Crippen LogP contribution < -0.4 is 5.06 Å². The normalized spacial score (nSPS) is 16.4. The molecule has 2 rings (SSSR count). The summed E-state index contributed by atoms with van der Waals surface area (Å²) < 4.78 is 0. The molecule has 76 valence electrons. The van der Waals surface area contributed by atoms with Crippen molar-refractivity contribution in [3.05, 3.63) is 30.3 Å². The molecule has 2 nitrogen and oxygen atoms in total. The number of anilines is 1. The summed E-state index contributed by atoms with van der Waals surface area (Å²) in [6.07, 6.45) is 3.85. The van der Waals surface area contributed by atoms with Crippen molar-refractivity contribution in [1.29, 1.82) is 0 Å². The van der Waals surface area contributed by atoms with Gasteiger partial charge in [-0.25, -0.2) is 0 Å². The third-order valence-corrected chi connectivity index (χ3v) is 2.69. The number of nitrogens with zero attached hydrogens (tertiary/aromatic N) is 1. The molecule has 0 N–H and O–H groups in total. The summed E-state index contributed by atoms with van der Waals surface area (Å²) in [6, 6.07) is 11.0. The minimum absolute atomic E-state index is 0.595. The van der Waals surface area contributed by atoms with Crippen molar-refractivity contribution in [2.45, 2.75) is 32.2 Å². The minimum atomic E-state index is 0.595. The molecule has 1 aliphatic rings. The molecule has 0 saturated heterocycles. The number of hydroxylamine groups is 1. The van der Waals surface area contributed by atoms with Crippen molar-refractivity contribution < 1.29 is 4.84 Å². The Morgan fingerprint density at radius 1 is 1.29 bits per heavy atom. The maximum atomic E-state index is 5.67. The van der Waals surface area contributed by atoms with Gasteiger partial charge in [0.05, 0.1) is 18.3 Å². The van der Waals surface area contributed by atoms with Crippen LogP contribution >= 0.6 is 0 Å². The number of hydrogen-bond donors (Lipinski definition) is 0. The Labute approximate surface area is 85.4 Å². The average molecular weight is 191 g/mol. The predicted octanol–water partition coefficient (Wildman–Crippen LogP) is 3.00. The van der Waals surface area contributed by atoms with Gasteiger partial charge in [0.25, 0.3) is 0 Å². The molecule has 1 aromatic rings. The van der Waals surface area contributed by atoms with E-state index in [0.29, 0.717) is 6.04 Å². The van der Waals surface area contributed by atoms with E-state index in [0.717, 1.165) is 6.61 Å². The van der Waals surface area contributed by atoms with Gasteiger partial charge < -0.3 is 0 Å². The molecule has 1 fully saturated rings. The lowest BCUT2D eigenvalue weighted by Gasteiger charge is -2.37. The van der Waals surface area contributed by atoms with Crippen LogP contribution in [-0.2, 0) is 4.84 Å². The zero-order chi connectivity index (χ0) is 9.80. The van der Waals surface area contributed by atoms with Gasteiger partial charge in [-0.3, -0.25) is 9.90 Å². The van der Waals surface area contributed by atoms with Gasteiger partial charge in [0.1, 0.15) is 0 Å². The minimum Gasteiger partial charge on any atom is -0.274 e. The maximum Gasteiger partial charge on any atom is 0.0720 e. The summed E-state index contributed by atoms with van der Waals surface area (Å²) in [6.45, 7) is 2.78. The van der Waals surface area contributed by atoms with E-state index in [1.54, 1.807) is 0 Å². The van der Waals surface area contributed by atoms with Gasteiger partial charge >= 0.3 is 0 Å². The molecule has 0 unspecified atom stereocenters. The highest BCUT2D eigenvalue weighted by Crippen LogP contribution is 2.29. The molecule has 0 aliphatic heterocycles. The van der Waals surface area contributed by atoms with Gasteiger partial charge in [0, 0.05) is 0 Å². The predicted molar refractivity (Wildman–Crippen MR) is 58.2 cm³/mol. The van der Waals surface area contributed by atoms with Crippen molar-refractivity contribution >= 4 is 5.69 Å². The molecule has 0 radical (unpaired) electrons. The zero-order valence-corrected chi connectivity index (χ0v) is 8.65. The lowest BCUT2D eigenvalue weighted by atomic mass is 9.92. The molecule has 1 aromatic carbocycles. The Balaban J connectivity index is 2.09. The van der Waals surface area contributed by atoms with Gasteiger partial charge in [0.2, 0.25) is 0 Å². The number of hydrogen-bond acceptors (Lipinski definition) is 2. The van der Waals surface area contributed by atoms with Crippen molar-refractivity contribution in [2.75, 3.05) is 11.7 Å². The van der Waals surface area contributed by atoms with E-state index in [4.69, 9.17) is 4.84 Å². The highest BCUT2D eigenvalue weighted by molar-refractivity contribution is 5.44. The van der Waals surface area contributed by atoms with Crippen molar-refractivity contribution in [2.24, 2.45) is 0 Å². The number of rotatable bonds is 4. The Hall–Kier alpha value is -1.02. The lowest BCUT2D eigenvalue weighted by molar-refractivity contribution is 0.0750. The number of para-hydroxylation sites is 1. The van der Waals surface area contributed by atoms with Crippen LogP contribution in [0.4, 0.5) is 5.69 Å². The van der Waals surface area contributed by atoms with Crippen LogP contribution in [0.3, 0.4) is 0 Å². The molecule has 1 saturated carbocycles. The summed E-state index contributed by atoms with van der Waals surface area (Å²) >= 11 is 0. The lowest BCUT2D eigenvalue weighted by Crippen LogP contribution is -2.40. The van der Waals surface area contributed by atoms with E-state index in [1.165, 1.54) is 24.9 Å².